The van der Waals surface area contributed by atoms with Gasteiger partial charge >= 0.3 is 8.80 Å². The predicted molar refractivity (Wildman–Crippen MR) is 60.3 cm³/mol. The second-order valence-electron chi connectivity index (χ2n) is 4.20. The lowest BCUT2D eigenvalue weighted by Gasteiger charge is -2.42. The van der Waals surface area contributed by atoms with Crippen molar-refractivity contribution in [1.82, 2.24) is 0 Å². The fourth-order valence-electron chi connectivity index (χ4n) is 1.85. The van der Waals surface area contributed by atoms with Crippen molar-refractivity contribution in [2.45, 2.75) is 39.2 Å². The molecule has 1 atom stereocenters. The maximum Gasteiger partial charge on any atom is 0.506 e. The first-order valence-corrected chi connectivity index (χ1v) is 6.79. The summed E-state index contributed by atoms with van der Waals surface area (Å²) in [5, 5.41) is -0.0556. The van der Waals surface area contributed by atoms with Crippen LogP contribution in [0.1, 0.15) is 34.1 Å². The summed E-state index contributed by atoms with van der Waals surface area (Å²) in [7, 11) is 2.48. The smallest absolute Gasteiger partial charge is 0.377 e. The Balaban J connectivity index is 4.96. The molecule has 0 aliphatic carbocycles. The number of hydrogen-bond donors (Lipinski definition) is 0. The van der Waals surface area contributed by atoms with Gasteiger partial charge in [0.2, 0.25) is 0 Å². The highest BCUT2D eigenvalue weighted by Crippen LogP contribution is 2.46. The van der Waals surface area contributed by atoms with Crippen LogP contribution in [-0.2, 0) is 13.3 Å². The van der Waals surface area contributed by atoms with E-state index in [-0.39, 0.29) is 5.04 Å². The summed E-state index contributed by atoms with van der Waals surface area (Å²) in [6, 6.07) is 0. The Morgan fingerprint density at radius 2 is 1.43 bits per heavy atom. The molecule has 0 aromatic carbocycles. The molecule has 14 heavy (non-hydrogen) atoms. The summed E-state index contributed by atoms with van der Waals surface area (Å²) in [4.78, 5) is 0. The molecule has 0 aliphatic heterocycles. The Morgan fingerprint density at radius 3 is 1.64 bits per heavy atom. The second kappa shape index (κ2) is 5.26. The van der Waals surface area contributed by atoms with Gasteiger partial charge in [0.05, 0.1) is 0 Å². The van der Waals surface area contributed by atoms with Crippen LogP contribution in [-0.4, -0.2) is 30.1 Å². The highest BCUT2D eigenvalue weighted by atomic mass is 28.4. The minimum absolute atomic E-state index is 0.0556. The predicted octanol–water partition coefficient (Wildman–Crippen LogP) is 2.69. The molecule has 0 bridgehead atoms. The molecule has 0 aromatic rings. The van der Waals surface area contributed by atoms with Gasteiger partial charge in [-0.15, -0.1) is 0 Å². The van der Waals surface area contributed by atoms with Gasteiger partial charge in [-0.2, -0.15) is 0 Å². The van der Waals surface area contributed by atoms with Crippen molar-refractivity contribution in [3.63, 3.8) is 0 Å². The molecule has 0 N–H and O–H groups in total. The van der Waals surface area contributed by atoms with E-state index in [1.54, 1.807) is 21.3 Å². The van der Waals surface area contributed by atoms with E-state index in [9.17, 15) is 0 Å². The van der Waals surface area contributed by atoms with E-state index in [2.05, 4.69) is 27.7 Å². The minimum Gasteiger partial charge on any atom is -0.377 e. The molecule has 1 unspecified atom stereocenters. The molecule has 0 fully saturated rings. The van der Waals surface area contributed by atoms with Crippen molar-refractivity contribution in [1.29, 1.82) is 0 Å². The zero-order chi connectivity index (χ0) is 11.4. The van der Waals surface area contributed by atoms with Crippen LogP contribution >= 0.6 is 0 Å². The van der Waals surface area contributed by atoms with E-state index in [0.717, 1.165) is 6.42 Å². The van der Waals surface area contributed by atoms with Crippen molar-refractivity contribution in [3.05, 3.63) is 0 Å². The van der Waals surface area contributed by atoms with Gasteiger partial charge in [0.1, 0.15) is 0 Å². The molecule has 0 aliphatic rings. The van der Waals surface area contributed by atoms with Crippen LogP contribution < -0.4 is 0 Å². The normalized spacial score (nSPS) is 15.6. The topological polar surface area (TPSA) is 27.7 Å². The Kier molecular flexibility index (Phi) is 5.29. The van der Waals surface area contributed by atoms with Crippen molar-refractivity contribution >= 4 is 8.80 Å². The maximum atomic E-state index is 5.52. The fourth-order valence-corrected chi connectivity index (χ4v) is 4.74. The SMILES string of the molecule is CCC(C)C(C)(C)[Si](OC)(OC)OC. The summed E-state index contributed by atoms with van der Waals surface area (Å²) in [6.07, 6.45) is 1.10. The lowest BCUT2D eigenvalue weighted by atomic mass is 9.94. The monoisotopic (exact) mass is 220 g/mol. The fraction of sp³-hybridized carbons (Fsp3) is 1.00. The van der Waals surface area contributed by atoms with Crippen molar-refractivity contribution in [3.8, 4) is 0 Å². The van der Waals surface area contributed by atoms with E-state index in [0.29, 0.717) is 5.92 Å². The zero-order valence-corrected chi connectivity index (χ0v) is 11.5. The summed E-state index contributed by atoms with van der Waals surface area (Å²) in [5.41, 5.74) is 0. The highest BCUT2D eigenvalue weighted by molar-refractivity contribution is 6.64. The Labute approximate surface area is 89.1 Å². The van der Waals surface area contributed by atoms with Crippen LogP contribution in [0.15, 0.2) is 0 Å². The van der Waals surface area contributed by atoms with Crippen LogP contribution in [0, 0.1) is 5.92 Å². The molecule has 0 radical (unpaired) electrons. The summed E-state index contributed by atoms with van der Waals surface area (Å²) < 4.78 is 16.6. The summed E-state index contributed by atoms with van der Waals surface area (Å²) in [5.74, 6) is 0.508. The van der Waals surface area contributed by atoms with Gasteiger partial charge < -0.3 is 13.3 Å². The molecule has 0 saturated heterocycles. The Bertz CT molecular complexity index is 158. The van der Waals surface area contributed by atoms with Crippen LogP contribution in [0.5, 0.6) is 0 Å². The van der Waals surface area contributed by atoms with Gasteiger partial charge in [-0.05, 0) is 5.92 Å². The van der Waals surface area contributed by atoms with E-state index in [1.165, 1.54) is 0 Å². The molecular formula is C10H24O3Si. The summed E-state index contributed by atoms with van der Waals surface area (Å²) in [6.45, 7) is 8.69. The first-order chi connectivity index (χ1) is 6.41. The van der Waals surface area contributed by atoms with Crippen LogP contribution in [0.3, 0.4) is 0 Å². The Morgan fingerprint density at radius 1 is 1.07 bits per heavy atom. The van der Waals surface area contributed by atoms with E-state index < -0.39 is 8.80 Å². The molecule has 86 valence electrons. The Hall–Kier alpha value is 0.0969. The van der Waals surface area contributed by atoms with Crippen molar-refractivity contribution in [2.75, 3.05) is 21.3 Å². The molecule has 0 amide bonds. The minimum atomic E-state index is -2.53. The van der Waals surface area contributed by atoms with E-state index in [4.69, 9.17) is 13.3 Å². The van der Waals surface area contributed by atoms with Gasteiger partial charge in [-0.3, -0.25) is 0 Å². The molecule has 0 rings (SSSR count). The van der Waals surface area contributed by atoms with Crippen LogP contribution in [0.4, 0.5) is 0 Å². The van der Waals surface area contributed by atoms with Gasteiger partial charge in [-0.1, -0.05) is 34.1 Å². The van der Waals surface area contributed by atoms with E-state index in [1.807, 2.05) is 0 Å². The summed E-state index contributed by atoms with van der Waals surface area (Å²) >= 11 is 0. The average Bonchev–Trinajstić information content (AvgIpc) is 2.19. The van der Waals surface area contributed by atoms with Crippen LogP contribution in [0.2, 0.25) is 5.04 Å². The molecule has 0 aromatic heterocycles. The molecule has 4 heteroatoms. The molecule has 0 spiro atoms. The largest absolute Gasteiger partial charge is 0.506 e. The van der Waals surface area contributed by atoms with Crippen molar-refractivity contribution in [2.24, 2.45) is 5.92 Å². The third-order valence-corrected chi connectivity index (χ3v) is 7.12. The number of hydrogen-bond acceptors (Lipinski definition) is 3. The van der Waals surface area contributed by atoms with Crippen LogP contribution in [0.25, 0.3) is 0 Å². The molecular weight excluding hydrogens is 196 g/mol. The first-order valence-electron chi connectivity index (χ1n) is 5.07. The van der Waals surface area contributed by atoms with Gasteiger partial charge in [0.15, 0.2) is 0 Å². The van der Waals surface area contributed by atoms with E-state index >= 15 is 0 Å². The first kappa shape index (κ1) is 14.1. The third kappa shape index (κ3) is 2.19. The number of rotatable bonds is 6. The van der Waals surface area contributed by atoms with Gasteiger partial charge in [-0.25, -0.2) is 0 Å². The highest BCUT2D eigenvalue weighted by Gasteiger charge is 2.55. The lowest BCUT2D eigenvalue weighted by molar-refractivity contribution is 0.0816. The standard InChI is InChI=1S/C10H24O3Si/c1-8-9(2)10(3,4)14(11-5,12-6)13-7/h9H,8H2,1-7H3. The van der Waals surface area contributed by atoms with Crippen molar-refractivity contribution < 1.29 is 13.3 Å². The maximum absolute atomic E-state index is 5.52. The average molecular weight is 220 g/mol. The quantitative estimate of drug-likeness (QED) is 0.644. The van der Waals surface area contributed by atoms with Gasteiger partial charge in [0, 0.05) is 26.4 Å². The molecule has 0 saturated carbocycles. The van der Waals surface area contributed by atoms with Gasteiger partial charge in [0.25, 0.3) is 0 Å². The lowest BCUT2D eigenvalue weighted by Crippen LogP contribution is -2.54. The second-order valence-corrected chi connectivity index (χ2v) is 7.83. The molecule has 3 nitrogen and oxygen atoms in total. The molecule has 0 heterocycles. The zero-order valence-electron chi connectivity index (χ0n) is 10.5. The third-order valence-electron chi connectivity index (χ3n) is 3.44.